The van der Waals surface area contributed by atoms with Gasteiger partial charge in [-0.05, 0) is 29.6 Å². The van der Waals surface area contributed by atoms with Crippen molar-refractivity contribution in [2.45, 2.75) is 34.6 Å². The van der Waals surface area contributed by atoms with Crippen LogP contribution in [0, 0.1) is 76.5 Å². The van der Waals surface area contributed by atoms with Crippen LogP contribution in [0.3, 0.4) is 0 Å². The molecule has 0 amide bonds. The number of hydrogen-bond donors (Lipinski definition) is 0. The predicted octanol–water partition coefficient (Wildman–Crippen LogP) is 3.18. The summed E-state index contributed by atoms with van der Waals surface area (Å²) >= 11 is 0. The summed E-state index contributed by atoms with van der Waals surface area (Å²) in [4.78, 5) is 0. The molecule has 0 radical (unpaired) electrons. The summed E-state index contributed by atoms with van der Waals surface area (Å²) in [5, 5.41) is 0. The molecule has 0 spiro atoms. The monoisotopic (exact) mass is 314 g/mol. The van der Waals surface area contributed by atoms with Gasteiger partial charge in [-0.15, -0.1) is 0 Å². The minimum absolute atomic E-state index is 0. The van der Waals surface area contributed by atoms with Crippen molar-refractivity contribution in [1.82, 2.24) is 0 Å². The van der Waals surface area contributed by atoms with Gasteiger partial charge in [0.05, 0.1) is 0 Å². The molecule has 1 fully saturated rings. The molecule has 0 unspecified atom stereocenters. The molecule has 1 rings (SSSR count). The molecule has 1 aliphatic rings. The fourth-order valence-electron chi connectivity index (χ4n) is 2.39. The molecule has 0 aromatic carbocycles. The van der Waals surface area contributed by atoms with Crippen molar-refractivity contribution in [3.63, 3.8) is 0 Å². The van der Waals surface area contributed by atoms with Gasteiger partial charge in [-0.25, -0.2) is 0 Å². The molecule has 1 heteroatoms. The molecule has 0 heterocycles. The van der Waals surface area contributed by atoms with Crippen molar-refractivity contribution < 1.29 is 46.9 Å². The standard InChI is InChI=1S/C10H20.Yb/c1-6-7(2)9(4)10(5)8(6)3;/h6-10H,1-5H3;. The van der Waals surface area contributed by atoms with Gasteiger partial charge >= 0.3 is 0 Å². The zero-order valence-corrected chi connectivity index (χ0v) is 9.87. The Balaban J connectivity index is 0.000001000. The van der Waals surface area contributed by atoms with E-state index >= 15 is 0 Å². The Morgan fingerprint density at radius 2 is 0.545 bits per heavy atom. The molecular formula is C10H20Yb. The first-order valence-electron chi connectivity index (χ1n) is 4.55. The number of hydrogen-bond acceptors (Lipinski definition) is 0. The van der Waals surface area contributed by atoms with E-state index in [1.165, 1.54) is 0 Å². The van der Waals surface area contributed by atoms with Crippen LogP contribution in [-0.4, -0.2) is 0 Å². The molecule has 0 N–H and O–H groups in total. The molecule has 0 aliphatic heterocycles. The third-order valence-corrected chi connectivity index (χ3v) is 4.15. The van der Waals surface area contributed by atoms with E-state index < -0.39 is 0 Å². The second-order valence-electron chi connectivity index (χ2n) is 4.30. The van der Waals surface area contributed by atoms with Crippen LogP contribution in [0.15, 0.2) is 0 Å². The van der Waals surface area contributed by atoms with E-state index in [1.54, 1.807) is 0 Å². The normalized spacial score (nSPS) is 50.5. The molecular weight excluding hydrogens is 293 g/mol. The molecule has 74 valence electrons. The molecule has 0 nitrogen and oxygen atoms in total. The van der Waals surface area contributed by atoms with Crippen molar-refractivity contribution in [2.24, 2.45) is 29.6 Å². The fourth-order valence-corrected chi connectivity index (χ4v) is 2.39. The van der Waals surface area contributed by atoms with Crippen molar-refractivity contribution in [3.8, 4) is 0 Å². The smallest absolute Gasteiger partial charge is 0 e. The second kappa shape index (κ2) is 4.67. The first-order valence-corrected chi connectivity index (χ1v) is 4.55. The molecule has 11 heavy (non-hydrogen) atoms. The van der Waals surface area contributed by atoms with Gasteiger partial charge in [0.15, 0.2) is 0 Å². The van der Waals surface area contributed by atoms with Gasteiger partial charge in [-0.3, -0.25) is 0 Å². The van der Waals surface area contributed by atoms with Gasteiger partial charge in [-0.2, -0.15) is 0 Å². The van der Waals surface area contributed by atoms with Gasteiger partial charge < -0.3 is 0 Å². The zero-order valence-electron chi connectivity index (χ0n) is 8.15. The van der Waals surface area contributed by atoms with E-state index in [2.05, 4.69) is 34.6 Å². The SMILES string of the molecule is CC1C(C)C(C)C(C)C1C.[Yb]. The Bertz CT molecular complexity index is 77.2. The van der Waals surface area contributed by atoms with Crippen LogP contribution in [0.2, 0.25) is 0 Å². The maximum absolute atomic E-state index is 2.40. The molecule has 0 aromatic heterocycles. The van der Waals surface area contributed by atoms with Crippen molar-refractivity contribution in [1.29, 1.82) is 0 Å². The predicted molar refractivity (Wildman–Crippen MR) is 45.8 cm³/mol. The Hall–Kier alpha value is 1.52. The Morgan fingerprint density at radius 1 is 0.455 bits per heavy atom. The first kappa shape index (κ1) is 12.5. The van der Waals surface area contributed by atoms with Gasteiger partial charge in [-0.1, -0.05) is 34.6 Å². The summed E-state index contributed by atoms with van der Waals surface area (Å²) in [5.41, 5.74) is 0. The topological polar surface area (TPSA) is 0 Å². The number of rotatable bonds is 0. The van der Waals surface area contributed by atoms with Crippen LogP contribution in [0.1, 0.15) is 34.6 Å². The zero-order chi connectivity index (χ0) is 7.89. The van der Waals surface area contributed by atoms with Gasteiger partial charge in [0.1, 0.15) is 0 Å². The van der Waals surface area contributed by atoms with E-state index in [1.807, 2.05) is 0 Å². The van der Waals surface area contributed by atoms with Crippen LogP contribution in [0.5, 0.6) is 0 Å². The van der Waals surface area contributed by atoms with Crippen molar-refractivity contribution in [2.75, 3.05) is 0 Å². The van der Waals surface area contributed by atoms with Crippen LogP contribution in [0.25, 0.3) is 0 Å². The fraction of sp³-hybridized carbons (Fsp3) is 1.00. The third kappa shape index (κ3) is 2.25. The summed E-state index contributed by atoms with van der Waals surface area (Å²) in [5.74, 6) is 4.68. The van der Waals surface area contributed by atoms with E-state index in [0.29, 0.717) is 0 Å². The van der Waals surface area contributed by atoms with Crippen LogP contribution in [0.4, 0.5) is 0 Å². The average Bonchev–Trinajstić information content (AvgIpc) is 2.07. The van der Waals surface area contributed by atoms with E-state index in [-0.39, 0.29) is 46.9 Å². The average molecular weight is 313 g/mol. The maximum Gasteiger partial charge on any atom is 0 e. The first-order chi connectivity index (χ1) is 4.55. The minimum Gasteiger partial charge on any atom is -0.0620 e. The van der Waals surface area contributed by atoms with Crippen molar-refractivity contribution in [3.05, 3.63) is 0 Å². The molecule has 1 saturated carbocycles. The summed E-state index contributed by atoms with van der Waals surface area (Å²) in [6, 6.07) is 0. The Labute approximate surface area is 110 Å². The van der Waals surface area contributed by atoms with E-state index in [9.17, 15) is 0 Å². The quantitative estimate of drug-likeness (QED) is 0.644. The third-order valence-electron chi connectivity index (χ3n) is 4.15. The van der Waals surface area contributed by atoms with Gasteiger partial charge in [0.25, 0.3) is 0 Å². The second-order valence-corrected chi connectivity index (χ2v) is 4.30. The Morgan fingerprint density at radius 3 is 0.636 bits per heavy atom. The minimum atomic E-state index is 0. The summed E-state index contributed by atoms with van der Waals surface area (Å²) in [6.45, 7) is 12.0. The molecule has 0 aromatic rings. The molecule has 0 atom stereocenters. The van der Waals surface area contributed by atoms with Gasteiger partial charge in [0.2, 0.25) is 0 Å². The van der Waals surface area contributed by atoms with Crippen LogP contribution >= 0.6 is 0 Å². The Kier molecular flexibility index (Phi) is 5.32. The largest absolute Gasteiger partial charge is 0.0620 e. The molecule has 0 bridgehead atoms. The summed E-state index contributed by atoms with van der Waals surface area (Å²) in [7, 11) is 0. The maximum atomic E-state index is 2.40. The summed E-state index contributed by atoms with van der Waals surface area (Å²) < 4.78 is 0. The van der Waals surface area contributed by atoms with E-state index in [0.717, 1.165) is 29.6 Å². The summed E-state index contributed by atoms with van der Waals surface area (Å²) in [6.07, 6.45) is 0. The van der Waals surface area contributed by atoms with E-state index in [4.69, 9.17) is 0 Å². The molecule has 1 aliphatic carbocycles. The molecule has 0 saturated heterocycles. The van der Waals surface area contributed by atoms with Crippen LogP contribution < -0.4 is 0 Å². The van der Waals surface area contributed by atoms with Crippen molar-refractivity contribution >= 4 is 0 Å². The van der Waals surface area contributed by atoms with Gasteiger partial charge in [0, 0.05) is 46.9 Å². The van der Waals surface area contributed by atoms with Crippen LogP contribution in [-0.2, 0) is 0 Å².